The van der Waals surface area contributed by atoms with Gasteiger partial charge >= 0.3 is 0 Å². The van der Waals surface area contributed by atoms with Gasteiger partial charge in [0.25, 0.3) is 0 Å². The van der Waals surface area contributed by atoms with E-state index in [2.05, 4.69) is 63.8 Å². The molecule has 0 saturated heterocycles. The molecule has 92 valence electrons. The van der Waals surface area contributed by atoms with Crippen molar-refractivity contribution >= 4 is 11.8 Å². The van der Waals surface area contributed by atoms with E-state index in [0.29, 0.717) is 0 Å². The molecule has 0 N–H and O–H groups in total. The minimum Gasteiger partial charge on any atom is -0.324 e. The highest BCUT2D eigenvalue weighted by molar-refractivity contribution is 5.62. The zero-order valence-electron chi connectivity index (χ0n) is 11.7. The Morgan fingerprint density at radius 3 is 2.41 bits per heavy atom. The molecule has 0 bridgehead atoms. The Morgan fingerprint density at radius 1 is 1.35 bits per heavy atom. The predicted octanol–water partition coefficient (Wildman–Crippen LogP) is 4.82. The number of allylic oxidation sites excluding steroid dienone is 3. The van der Waals surface area contributed by atoms with Crippen LogP contribution < -0.4 is 0 Å². The fourth-order valence-electron chi connectivity index (χ4n) is 1.90. The van der Waals surface area contributed by atoms with Gasteiger partial charge in [-0.25, -0.2) is 0 Å². The van der Waals surface area contributed by atoms with Crippen LogP contribution in [0.4, 0.5) is 0 Å². The molecule has 0 atom stereocenters. The monoisotopic (exact) mass is 229 g/mol. The van der Waals surface area contributed by atoms with Crippen molar-refractivity contribution in [2.75, 3.05) is 0 Å². The predicted molar refractivity (Wildman–Crippen MR) is 77.9 cm³/mol. The molecular weight excluding hydrogens is 206 g/mol. The fraction of sp³-hybridized carbons (Fsp3) is 0.375. The van der Waals surface area contributed by atoms with Crippen molar-refractivity contribution in [2.24, 2.45) is 5.41 Å². The molecule has 0 radical (unpaired) electrons. The summed E-state index contributed by atoms with van der Waals surface area (Å²) in [6, 6.07) is 0. The molecule has 0 unspecified atom stereocenters. The molecule has 1 aromatic heterocycles. The average molecular weight is 229 g/mol. The van der Waals surface area contributed by atoms with Crippen LogP contribution in [-0.2, 0) is 0 Å². The molecule has 17 heavy (non-hydrogen) atoms. The van der Waals surface area contributed by atoms with Gasteiger partial charge < -0.3 is 4.57 Å². The smallest absolute Gasteiger partial charge is 0.0268 e. The minimum atomic E-state index is -0.0938. The van der Waals surface area contributed by atoms with Crippen LogP contribution in [0.1, 0.15) is 37.6 Å². The molecule has 0 spiro atoms. The van der Waals surface area contributed by atoms with Crippen LogP contribution in [0.5, 0.6) is 0 Å². The van der Waals surface area contributed by atoms with Gasteiger partial charge in [0, 0.05) is 23.0 Å². The molecule has 1 aromatic rings. The molecule has 0 fully saturated rings. The number of aryl methyl sites for hydroxylation is 1. The highest BCUT2D eigenvalue weighted by Crippen LogP contribution is 2.33. The van der Waals surface area contributed by atoms with E-state index in [-0.39, 0.29) is 5.41 Å². The summed E-state index contributed by atoms with van der Waals surface area (Å²) in [4.78, 5) is 0. The van der Waals surface area contributed by atoms with Gasteiger partial charge in [0.1, 0.15) is 0 Å². The molecule has 1 heteroatoms. The van der Waals surface area contributed by atoms with E-state index in [9.17, 15) is 0 Å². The second-order valence-electron chi connectivity index (χ2n) is 5.05. The van der Waals surface area contributed by atoms with Gasteiger partial charge in [0.2, 0.25) is 0 Å². The molecule has 0 aliphatic rings. The Morgan fingerprint density at radius 2 is 1.94 bits per heavy atom. The Bertz CT molecular complexity index is 470. The fourth-order valence-corrected chi connectivity index (χ4v) is 1.90. The van der Waals surface area contributed by atoms with Crippen LogP contribution in [0, 0.1) is 19.3 Å². The first-order valence-corrected chi connectivity index (χ1v) is 5.99. The van der Waals surface area contributed by atoms with Gasteiger partial charge in [-0.05, 0) is 31.9 Å². The third-order valence-corrected chi connectivity index (χ3v) is 3.38. The van der Waals surface area contributed by atoms with Crippen molar-refractivity contribution in [1.29, 1.82) is 0 Å². The average Bonchev–Trinajstić information content (AvgIpc) is 2.56. The van der Waals surface area contributed by atoms with Crippen LogP contribution in [0.15, 0.2) is 31.5 Å². The third kappa shape index (κ3) is 2.44. The van der Waals surface area contributed by atoms with Gasteiger partial charge in [-0.3, -0.25) is 0 Å². The summed E-state index contributed by atoms with van der Waals surface area (Å²) in [6.07, 6.45) is 8.31. The van der Waals surface area contributed by atoms with Crippen LogP contribution in [-0.4, -0.2) is 4.57 Å². The van der Waals surface area contributed by atoms with Crippen LogP contribution >= 0.6 is 0 Å². The zero-order valence-corrected chi connectivity index (χ0v) is 11.7. The quantitative estimate of drug-likeness (QED) is 0.652. The van der Waals surface area contributed by atoms with Gasteiger partial charge in [0.15, 0.2) is 0 Å². The first kappa shape index (κ1) is 13.6. The van der Waals surface area contributed by atoms with E-state index < -0.39 is 0 Å². The van der Waals surface area contributed by atoms with Crippen molar-refractivity contribution in [3.63, 3.8) is 0 Å². The third-order valence-electron chi connectivity index (χ3n) is 3.38. The topological polar surface area (TPSA) is 4.93 Å². The van der Waals surface area contributed by atoms with E-state index >= 15 is 0 Å². The molecule has 1 heterocycles. The van der Waals surface area contributed by atoms with E-state index in [1.54, 1.807) is 0 Å². The van der Waals surface area contributed by atoms with Gasteiger partial charge in [-0.2, -0.15) is 0 Å². The number of rotatable bonds is 4. The second-order valence-corrected chi connectivity index (χ2v) is 5.05. The Hall–Kier alpha value is -1.50. The molecule has 0 aliphatic heterocycles. The van der Waals surface area contributed by atoms with Crippen molar-refractivity contribution in [1.82, 2.24) is 4.57 Å². The lowest BCUT2D eigenvalue weighted by Gasteiger charge is -2.25. The van der Waals surface area contributed by atoms with E-state index in [4.69, 9.17) is 0 Å². The molecule has 0 amide bonds. The largest absolute Gasteiger partial charge is 0.324 e. The summed E-state index contributed by atoms with van der Waals surface area (Å²) >= 11 is 0. The Kier molecular flexibility index (Phi) is 3.82. The molecule has 1 nitrogen and oxygen atoms in total. The molecule has 1 rings (SSSR count). The van der Waals surface area contributed by atoms with Crippen molar-refractivity contribution < 1.29 is 0 Å². The van der Waals surface area contributed by atoms with E-state index in [1.165, 1.54) is 16.8 Å². The maximum Gasteiger partial charge on any atom is 0.0268 e. The highest BCUT2D eigenvalue weighted by atomic mass is 15.0. The number of nitrogens with zero attached hydrogens (tertiary/aromatic N) is 1. The maximum absolute atomic E-state index is 4.21. The first-order chi connectivity index (χ1) is 7.85. The van der Waals surface area contributed by atoms with Crippen LogP contribution in [0.3, 0.4) is 0 Å². The summed E-state index contributed by atoms with van der Waals surface area (Å²) in [6.45, 7) is 18.7. The summed E-state index contributed by atoms with van der Waals surface area (Å²) in [5, 5.41) is 0. The Balaban J connectivity index is 3.30. The summed E-state index contributed by atoms with van der Waals surface area (Å²) in [5.41, 5.74) is 4.77. The van der Waals surface area contributed by atoms with Gasteiger partial charge in [0.05, 0.1) is 0 Å². The van der Waals surface area contributed by atoms with E-state index in [1.807, 2.05) is 13.0 Å². The summed E-state index contributed by atoms with van der Waals surface area (Å²) in [7, 11) is 0. The van der Waals surface area contributed by atoms with Crippen LogP contribution in [0.25, 0.3) is 11.8 Å². The minimum absolute atomic E-state index is 0.0938. The normalized spacial score (nSPS) is 12.1. The zero-order chi connectivity index (χ0) is 13.2. The maximum atomic E-state index is 4.21. The molecular formula is C16H23N. The standard InChI is InChI=1S/C16H23N/c1-8-10-15-12(3)11-17(13(15)4)14(5)16(6,7)9-2/h8-11H,2,5H2,1,3-4,6-7H3/b10-8-. The highest BCUT2D eigenvalue weighted by Gasteiger charge is 2.21. The van der Waals surface area contributed by atoms with Crippen molar-refractivity contribution in [2.45, 2.75) is 34.6 Å². The summed E-state index contributed by atoms with van der Waals surface area (Å²) < 4.78 is 2.17. The number of hydrogen-bond donors (Lipinski definition) is 0. The van der Waals surface area contributed by atoms with Crippen LogP contribution in [0.2, 0.25) is 0 Å². The SMILES string of the molecule is C=CC(C)(C)C(=C)n1cc(C)c(/C=C\C)c1C. The van der Waals surface area contributed by atoms with Gasteiger partial charge in [-0.1, -0.05) is 38.7 Å². The number of aromatic nitrogens is 1. The molecule has 0 aliphatic carbocycles. The lowest BCUT2D eigenvalue weighted by molar-refractivity contribution is 0.615. The lowest BCUT2D eigenvalue weighted by atomic mass is 9.90. The van der Waals surface area contributed by atoms with Crippen molar-refractivity contribution in [3.05, 3.63) is 48.3 Å². The van der Waals surface area contributed by atoms with Gasteiger partial charge in [-0.15, -0.1) is 6.58 Å². The van der Waals surface area contributed by atoms with Crippen molar-refractivity contribution in [3.8, 4) is 0 Å². The Labute approximate surface area is 105 Å². The number of hydrogen-bond acceptors (Lipinski definition) is 0. The first-order valence-electron chi connectivity index (χ1n) is 5.99. The lowest BCUT2D eigenvalue weighted by Crippen LogP contribution is -2.15. The summed E-state index contributed by atoms with van der Waals surface area (Å²) in [5.74, 6) is 0. The second kappa shape index (κ2) is 4.79. The van der Waals surface area contributed by atoms with E-state index in [0.717, 1.165) is 5.70 Å². The molecule has 0 saturated carbocycles. The molecule has 0 aromatic carbocycles.